The monoisotopic (exact) mass is 300 g/mol. The van der Waals surface area contributed by atoms with Crippen LogP contribution in [0.15, 0.2) is 29.3 Å². The second-order valence-corrected chi connectivity index (χ2v) is 5.97. The average Bonchev–Trinajstić information content (AvgIpc) is 3.21. The summed E-state index contributed by atoms with van der Waals surface area (Å²) in [5, 5.41) is 2.93. The molecule has 0 saturated heterocycles. The largest absolute Gasteiger partial charge is 0.364 e. The summed E-state index contributed by atoms with van der Waals surface area (Å²) in [5.74, 6) is -0.142. The van der Waals surface area contributed by atoms with Crippen molar-refractivity contribution in [3.8, 4) is 5.69 Å². The third-order valence-corrected chi connectivity index (χ3v) is 3.99. The molecule has 0 spiro atoms. The fourth-order valence-corrected chi connectivity index (χ4v) is 2.47. The highest BCUT2D eigenvalue weighted by Crippen LogP contribution is 2.20. The number of hydrogen-bond acceptors (Lipinski definition) is 3. The van der Waals surface area contributed by atoms with E-state index in [2.05, 4.69) is 10.3 Å². The van der Waals surface area contributed by atoms with Crippen molar-refractivity contribution in [3.63, 3.8) is 0 Å². The Balaban J connectivity index is 2.01. The molecule has 6 nitrogen and oxygen atoms in total. The maximum Gasteiger partial charge on any atom is 0.364 e. The van der Waals surface area contributed by atoms with E-state index in [0.717, 1.165) is 29.7 Å². The van der Waals surface area contributed by atoms with Crippen molar-refractivity contribution >= 4 is 5.91 Å². The molecule has 1 aromatic carbocycles. The van der Waals surface area contributed by atoms with Crippen LogP contribution in [0.4, 0.5) is 0 Å². The first-order chi connectivity index (χ1) is 10.5. The summed E-state index contributed by atoms with van der Waals surface area (Å²) in [7, 11) is 0. The van der Waals surface area contributed by atoms with E-state index >= 15 is 0 Å². The van der Waals surface area contributed by atoms with Gasteiger partial charge in [-0.1, -0.05) is 12.1 Å². The number of carbonyl (C=O) groups excluding carboxylic acids is 1. The van der Waals surface area contributed by atoms with Gasteiger partial charge >= 0.3 is 5.69 Å². The molecule has 1 fully saturated rings. The van der Waals surface area contributed by atoms with Crippen LogP contribution in [0.1, 0.15) is 36.9 Å². The summed E-state index contributed by atoms with van der Waals surface area (Å²) in [6.45, 7) is 5.69. The number of carbonyl (C=O) groups is 1. The van der Waals surface area contributed by atoms with Crippen molar-refractivity contribution in [2.24, 2.45) is 0 Å². The van der Waals surface area contributed by atoms with Crippen LogP contribution in [-0.2, 0) is 4.79 Å². The third kappa shape index (κ3) is 2.68. The highest BCUT2D eigenvalue weighted by Gasteiger charge is 2.28. The molecule has 1 aliphatic carbocycles. The van der Waals surface area contributed by atoms with E-state index in [0.29, 0.717) is 0 Å². The second-order valence-electron chi connectivity index (χ2n) is 5.97. The summed E-state index contributed by atoms with van der Waals surface area (Å²) in [6, 6.07) is 5.66. The van der Waals surface area contributed by atoms with E-state index in [1.807, 2.05) is 32.0 Å². The number of amides is 1. The number of nitrogens with one attached hydrogen (secondary N) is 1. The molecular weight excluding hydrogens is 280 g/mol. The van der Waals surface area contributed by atoms with E-state index in [-0.39, 0.29) is 11.9 Å². The van der Waals surface area contributed by atoms with Gasteiger partial charge in [0, 0.05) is 6.04 Å². The molecule has 1 unspecified atom stereocenters. The van der Waals surface area contributed by atoms with Gasteiger partial charge in [0.05, 0.1) is 5.69 Å². The van der Waals surface area contributed by atoms with Crippen LogP contribution in [0.25, 0.3) is 5.69 Å². The lowest BCUT2D eigenvalue weighted by Gasteiger charge is -2.18. The van der Waals surface area contributed by atoms with Gasteiger partial charge in [-0.05, 0) is 50.8 Å². The SMILES string of the molecule is Cc1ccc(C)c(-n2cnc(=O)n2C(C)C(=O)NC2CC2)c1. The molecule has 1 atom stereocenters. The Morgan fingerprint density at radius 3 is 2.77 bits per heavy atom. The maximum absolute atomic E-state index is 12.3. The number of aryl methyl sites for hydroxylation is 2. The van der Waals surface area contributed by atoms with Gasteiger partial charge in [-0.25, -0.2) is 14.2 Å². The van der Waals surface area contributed by atoms with Crippen LogP contribution < -0.4 is 11.0 Å². The molecular formula is C16H20N4O2. The first-order valence-electron chi connectivity index (χ1n) is 7.51. The van der Waals surface area contributed by atoms with Gasteiger partial charge < -0.3 is 5.32 Å². The zero-order valence-corrected chi connectivity index (χ0v) is 13.0. The minimum atomic E-state index is -0.601. The van der Waals surface area contributed by atoms with Crippen molar-refractivity contribution in [3.05, 3.63) is 46.1 Å². The molecule has 0 radical (unpaired) electrons. The Labute approximate surface area is 128 Å². The Kier molecular flexibility index (Phi) is 3.60. The molecule has 1 amide bonds. The van der Waals surface area contributed by atoms with Crippen LogP contribution in [-0.4, -0.2) is 26.3 Å². The lowest BCUT2D eigenvalue weighted by Crippen LogP contribution is -2.38. The Hall–Kier alpha value is -2.37. The van der Waals surface area contributed by atoms with Crippen molar-refractivity contribution in [1.29, 1.82) is 0 Å². The van der Waals surface area contributed by atoms with E-state index in [9.17, 15) is 9.59 Å². The number of rotatable bonds is 4. The molecule has 6 heteroatoms. The van der Waals surface area contributed by atoms with Gasteiger partial charge in [0.25, 0.3) is 0 Å². The molecule has 1 saturated carbocycles. The van der Waals surface area contributed by atoms with E-state index in [1.165, 1.54) is 11.0 Å². The normalized spacial score (nSPS) is 15.6. The molecule has 1 aliphatic rings. The van der Waals surface area contributed by atoms with Crippen LogP contribution in [0.5, 0.6) is 0 Å². The first kappa shape index (κ1) is 14.6. The smallest absolute Gasteiger partial charge is 0.352 e. The van der Waals surface area contributed by atoms with Crippen LogP contribution >= 0.6 is 0 Å². The quantitative estimate of drug-likeness (QED) is 0.930. The van der Waals surface area contributed by atoms with Crippen LogP contribution in [0.2, 0.25) is 0 Å². The lowest BCUT2D eigenvalue weighted by molar-refractivity contribution is -0.124. The van der Waals surface area contributed by atoms with Crippen molar-refractivity contribution in [2.45, 2.75) is 45.7 Å². The molecule has 3 rings (SSSR count). The second kappa shape index (κ2) is 5.44. The van der Waals surface area contributed by atoms with Crippen LogP contribution in [0.3, 0.4) is 0 Å². The number of aromatic nitrogens is 3. The minimum absolute atomic E-state index is 0.142. The van der Waals surface area contributed by atoms with Gasteiger partial charge in [0.15, 0.2) is 0 Å². The highest BCUT2D eigenvalue weighted by molar-refractivity contribution is 5.80. The fourth-order valence-electron chi connectivity index (χ4n) is 2.47. The fraction of sp³-hybridized carbons (Fsp3) is 0.438. The van der Waals surface area contributed by atoms with Gasteiger partial charge in [0.1, 0.15) is 12.4 Å². The molecule has 1 heterocycles. The molecule has 1 N–H and O–H groups in total. The van der Waals surface area contributed by atoms with E-state index in [4.69, 9.17) is 0 Å². The maximum atomic E-state index is 12.3. The summed E-state index contributed by atoms with van der Waals surface area (Å²) < 4.78 is 3.07. The summed E-state index contributed by atoms with van der Waals surface area (Å²) >= 11 is 0. The number of nitrogens with zero attached hydrogens (tertiary/aromatic N) is 3. The predicted octanol–water partition coefficient (Wildman–Crippen LogP) is 1.49. The third-order valence-electron chi connectivity index (χ3n) is 3.99. The molecule has 116 valence electrons. The van der Waals surface area contributed by atoms with Crippen LogP contribution in [0, 0.1) is 13.8 Å². The molecule has 0 aliphatic heterocycles. The van der Waals surface area contributed by atoms with Crippen molar-refractivity contribution < 1.29 is 4.79 Å². The minimum Gasteiger partial charge on any atom is -0.352 e. The highest BCUT2D eigenvalue weighted by atomic mass is 16.2. The number of benzene rings is 1. The van der Waals surface area contributed by atoms with E-state index in [1.54, 1.807) is 11.6 Å². The molecule has 22 heavy (non-hydrogen) atoms. The Bertz CT molecular complexity index is 771. The summed E-state index contributed by atoms with van der Waals surface area (Å²) in [6.07, 6.45) is 3.51. The Morgan fingerprint density at radius 2 is 2.09 bits per heavy atom. The summed E-state index contributed by atoms with van der Waals surface area (Å²) in [5.41, 5.74) is 2.55. The van der Waals surface area contributed by atoms with E-state index < -0.39 is 11.7 Å². The Morgan fingerprint density at radius 1 is 1.36 bits per heavy atom. The lowest BCUT2D eigenvalue weighted by atomic mass is 10.1. The topological polar surface area (TPSA) is 68.9 Å². The van der Waals surface area contributed by atoms with Gasteiger partial charge in [-0.15, -0.1) is 0 Å². The van der Waals surface area contributed by atoms with Gasteiger partial charge in [-0.2, -0.15) is 4.98 Å². The molecule has 0 bridgehead atoms. The predicted molar refractivity (Wildman–Crippen MR) is 83.2 cm³/mol. The number of hydrogen-bond donors (Lipinski definition) is 1. The first-order valence-corrected chi connectivity index (χ1v) is 7.51. The van der Waals surface area contributed by atoms with Crippen molar-refractivity contribution in [1.82, 2.24) is 19.7 Å². The zero-order valence-electron chi connectivity index (χ0n) is 13.0. The molecule has 1 aromatic heterocycles. The summed E-state index contributed by atoms with van der Waals surface area (Å²) in [4.78, 5) is 28.2. The van der Waals surface area contributed by atoms with Gasteiger partial charge in [0.2, 0.25) is 5.91 Å². The molecule has 2 aromatic rings. The van der Waals surface area contributed by atoms with Crippen molar-refractivity contribution in [2.75, 3.05) is 0 Å². The standard InChI is InChI=1S/C16H20N4O2/c1-10-4-5-11(2)14(8-10)19-9-17-16(22)20(19)12(3)15(21)18-13-6-7-13/h4-5,8-9,12-13H,6-7H2,1-3H3,(H,18,21). The average molecular weight is 300 g/mol. The zero-order chi connectivity index (χ0) is 15.9. The van der Waals surface area contributed by atoms with Gasteiger partial charge in [-0.3, -0.25) is 4.79 Å².